The first kappa shape index (κ1) is 36.8. The van der Waals surface area contributed by atoms with E-state index in [4.69, 9.17) is 0 Å². The second kappa shape index (κ2) is 14.4. The van der Waals surface area contributed by atoms with Gasteiger partial charge in [-0.3, -0.25) is 0 Å². The van der Waals surface area contributed by atoms with Crippen LogP contribution in [0.15, 0.2) is 249 Å². The van der Waals surface area contributed by atoms with Crippen molar-refractivity contribution in [1.82, 2.24) is 0 Å². The molecule has 0 amide bonds. The van der Waals surface area contributed by atoms with E-state index in [1.54, 1.807) is 0 Å². The Morgan fingerprint density at radius 3 is 1.33 bits per heavy atom. The van der Waals surface area contributed by atoms with Crippen LogP contribution >= 0.6 is 11.3 Å². The number of benzene rings is 10. The number of hydrogen-bond donors (Lipinski definition) is 0. The Morgan fingerprint density at radius 2 is 0.703 bits per heavy atom. The van der Waals surface area contributed by atoms with Gasteiger partial charge in [-0.1, -0.05) is 206 Å². The van der Waals surface area contributed by atoms with Crippen molar-refractivity contribution < 1.29 is 0 Å². The van der Waals surface area contributed by atoms with E-state index in [2.05, 4.69) is 254 Å². The second-order valence-electron chi connectivity index (χ2n) is 17.1. The first-order valence-corrected chi connectivity index (χ1v) is 23.0. The van der Waals surface area contributed by atoms with Gasteiger partial charge >= 0.3 is 0 Å². The molecule has 0 unspecified atom stereocenters. The molecule has 0 bridgehead atoms. The van der Waals surface area contributed by atoms with E-state index >= 15 is 0 Å². The van der Waals surface area contributed by atoms with E-state index in [0.29, 0.717) is 0 Å². The van der Waals surface area contributed by atoms with Crippen molar-refractivity contribution in [1.29, 1.82) is 0 Å². The lowest BCUT2D eigenvalue weighted by Crippen LogP contribution is -2.31. The van der Waals surface area contributed by atoms with Crippen molar-refractivity contribution >= 4 is 48.6 Å². The molecule has 13 rings (SSSR count). The van der Waals surface area contributed by atoms with Crippen LogP contribution in [0.4, 0.5) is 17.1 Å². The lowest BCUT2D eigenvalue weighted by molar-refractivity contribution is 0.742. The Kier molecular flexibility index (Phi) is 8.28. The zero-order chi connectivity index (χ0) is 42.2. The minimum atomic E-state index is -0.632. The predicted octanol–water partition coefficient (Wildman–Crippen LogP) is 16.3. The van der Waals surface area contributed by atoms with E-state index in [1.807, 2.05) is 11.3 Å². The highest BCUT2D eigenvalue weighted by molar-refractivity contribution is 7.25. The molecule has 0 saturated heterocycles. The molecule has 2 aliphatic rings. The Bertz CT molecular complexity index is 3470. The largest absolute Gasteiger partial charge is 0.310 e. The van der Waals surface area contributed by atoms with Gasteiger partial charge in [-0.15, -0.1) is 11.3 Å². The summed E-state index contributed by atoms with van der Waals surface area (Å²) in [5, 5.41) is 2.61. The summed E-state index contributed by atoms with van der Waals surface area (Å²) in [7, 11) is 0. The Balaban J connectivity index is 1.09. The first-order chi connectivity index (χ1) is 31.7. The molecule has 0 saturated carbocycles. The third-order valence-corrected chi connectivity index (χ3v) is 15.2. The van der Waals surface area contributed by atoms with Gasteiger partial charge in [0.25, 0.3) is 0 Å². The summed E-state index contributed by atoms with van der Waals surface area (Å²) in [6.07, 6.45) is 0. The Morgan fingerprint density at radius 1 is 0.266 bits per heavy atom. The number of nitrogens with zero attached hydrogens (tertiary/aromatic N) is 1. The topological polar surface area (TPSA) is 3.24 Å². The molecule has 1 heterocycles. The molecule has 0 fully saturated rings. The van der Waals surface area contributed by atoms with Crippen LogP contribution in [0.3, 0.4) is 0 Å². The molecule has 0 radical (unpaired) electrons. The van der Waals surface area contributed by atoms with Crippen LogP contribution in [-0.4, -0.2) is 0 Å². The Labute approximate surface area is 377 Å². The van der Waals surface area contributed by atoms with Crippen molar-refractivity contribution in [2.24, 2.45) is 0 Å². The van der Waals surface area contributed by atoms with Gasteiger partial charge in [0.15, 0.2) is 0 Å². The van der Waals surface area contributed by atoms with Crippen molar-refractivity contribution in [3.8, 4) is 22.3 Å². The average molecular weight is 832 g/mol. The number of anilines is 3. The lowest BCUT2D eigenvalue weighted by Gasteiger charge is -2.37. The highest BCUT2D eigenvalue weighted by atomic mass is 32.1. The average Bonchev–Trinajstić information content (AvgIpc) is 3.99. The van der Waals surface area contributed by atoms with Gasteiger partial charge in [-0.05, 0) is 109 Å². The van der Waals surface area contributed by atoms with Crippen LogP contribution < -0.4 is 4.90 Å². The SMILES string of the molecule is c1ccc(N(c2ccc3c(c2)C(c2ccccc2)(c2ccccc2)c2cc(C4(c5ccccc5)c5ccccc5-c5ccccc54)ccc2-3)c2ccc3c(c2)sc2ccccc23)cc1. The molecule has 0 atom stereocenters. The molecule has 2 aliphatic carbocycles. The molecular formula is C62H41NS. The summed E-state index contributed by atoms with van der Waals surface area (Å²) < 4.78 is 2.59. The van der Waals surface area contributed by atoms with Crippen molar-refractivity contribution in [3.63, 3.8) is 0 Å². The summed E-state index contributed by atoms with van der Waals surface area (Å²) >= 11 is 1.86. The number of thiophene rings is 1. The molecule has 0 aliphatic heterocycles. The fourth-order valence-electron chi connectivity index (χ4n) is 11.4. The third-order valence-electron chi connectivity index (χ3n) is 14.0. The summed E-state index contributed by atoms with van der Waals surface area (Å²) in [5.41, 5.74) is 17.6. The molecule has 2 heteroatoms. The number of para-hydroxylation sites is 1. The third kappa shape index (κ3) is 5.18. The Hall–Kier alpha value is -7.78. The molecule has 10 aromatic carbocycles. The highest BCUT2D eigenvalue weighted by Crippen LogP contribution is 2.61. The molecule has 0 spiro atoms. The van der Waals surface area contributed by atoms with Gasteiger partial charge in [-0.2, -0.15) is 0 Å². The van der Waals surface area contributed by atoms with Gasteiger partial charge in [0.2, 0.25) is 0 Å². The molecule has 0 N–H and O–H groups in total. The maximum atomic E-state index is 2.57. The summed E-state index contributed by atoms with van der Waals surface area (Å²) in [5.74, 6) is 0. The normalized spacial score (nSPS) is 13.9. The van der Waals surface area contributed by atoms with E-state index in [0.717, 1.165) is 17.1 Å². The van der Waals surface area contributed by atoms with Crippen LogP contribution in [0.1, 0.15) is 44.5 Å². The van der Waals surface area contributed by atoms with Crippen molar-refractivity contribution in [3.05, 3.63) is 293 Å². The van der Waals surface area contributed by atoms with Gasteiger partial charge < -0.3 is 4.90 Å². The fraction of sp³-hybridized carbons (Fsp3) is 0.0323. The maximum absolute atomic E-state index is 2.57. The van der Waals surface area contributed by atoms with E-state index in [-0.39, 0.29) is 0 Å². The van der Waals surface area contributed by atoms with E-state index in [9.17, 15) is 0 Å². The molecule has 300 valence electrons. The van der Waals surface area contributed by atoms with Gasteiger partial charge in [0, 0.05) is 37.2 Å². The first-order valence-electron chi connectivity index (χ1n) is 22.2. The molecule has 11 aromatic rings. The zero-order valence-corrected chi connectivity index (χ0v) is 35.8. The second-order valence-corrected chi connectivity index (χ2v) is 18.2. The molecular weight excluding hydrogens is 791 g/mol. The monoisotopic (exact) mass is 831 g/mol. The quantitative estimate of drug-likeness (QED) is 0.155. The number of fused-ring (bicyclic) bond motifs is 9. The summed E-state index contributed by atoms with van der Waals surface area (Å²) in [4.78, 5) is 2.44. The van der Waals surface area contributed by atoms with Crippen LogP contribution in [-0.2, 0) is 10.8 Å². The molecule has 64 heavy (non-hydrogen) atoms. The standard InChI is InChI=1S/C62H41NS/c1-5-19-42(20-6-1)61(43-21-7-2-8-22-43)57-39-45(62(44-23-9-3-10-24-44)55-30-16-13-27-49(55)50-28-14-17-31-56(50)62)33-36-51(57)52-37-34-47(40-58(52)61)63(46-25-11-4-12-26-46)48-35-38-54-53-29-15-18-32-59(53)64-60(54)41-48/h1-41H. The maximum Gasteiger partial charge on any atom is 0.0714 e. The van der Waals surface area contributed by atoms with Crippen LogP contribution in [0, 0.1) is 0 Å². The minimum Gasteiger partial charge on any atom is -0.310 e. The smallest absolute Gasteiger partial charge is 0.0714 e. The van der Waals surface area contributed by atoms with Crippen LogP contribution in [0.5, 0.6) is 0 Å². The van der Waals surface area contributed by atoms with Crippen LogP contribution in [0.2, 0.25) is 0 Å². The number of rotatable bonds is 7. The predicted molar refractivity (Wildman–Crippen MR) is 269 cm³/mol. The number of hydrogen-bond acceptors (Lipinski definition) is 2. The van der Waals surface area contributed by atoms with E-state index < -0.39 is 10.8 Å². The van der Waals surface area contributed by atoms with Gasteiger partial charge in [0.05, 0.1) is 10.8 Å². The van der Waals surface area contributed by atoms with E-state index in [1.165, 1.54) is 86.9 Å². The van der Waals surface area contributed by atoms with Crippen molar-refractivity contribution in [2.75, 3.05) is 4.90 Å². The lowest BCUT2D eigenvalue weighted by atomic mass is 9.64. The fourth-order valence-corrected chi connectivity index (χ4v) is 12.6. The molecule has 1 nitrogen and oxygen atoms in total. The molecule has 1 aromatic heterocycles. The highest BCUT2D eigenvalue weighted by Gasteiger charge is 2.50. The van der Waals surface area contributed by atoms with Gasteiger partial charge in [-0.25, -0.2) is 0 Å². The summed E-state index contributed by atoms with van der Waals surface area (Å²) in [6, 6.07) is 92.9. The van der Waals surface area contributed by atoms with Crippen LogP contribution in [0.25, 0.3) is 42.4 Å². The van der Waals surface area contributed by atoms with Crippen molar-refractivity contribution in [2.45, 2.75) is 10.8 Å². The summed E-state index contributed by atoms with van der Waals surface area (Å²) in [6.45, 7) is 0. The minimum absolute atomic E-state index is 0.530. The van der Waals surface area contributed by atoms with Gasteiger partial charge in [0.1, 0.15) is 0 Å². The zero-order valence-electron chi connectivity index (χ0n) is 35.0.